The van der Waals surface area contributed by atoms with E-state index in [0.717, 1.165) is 11.3 Å². The van der Waals surface area contributed by atoms with Crippen LogP contribution in [0.1, 0.15) is 43.3 Å². The third-order valence-electron chi connectivity index (χ3n) is 4.15. The number of thiophene rings is 1. The zero-order chi connectivity index (χ0) is 15.6. The molecule has 1 fully saturated rings. The Morgan fingerprint density at radius 1 is 1.52 bits per heavy atom. The number of likely N-dealkylation sites (tertiary alicyclic amines) is 1. The first kappa shape index (κ1) is 16.5. The minimum absolute atomic E-state index is 0.000157. The highest BCUT2D eigenvalue weighted by Gasteiger charge is 2.32. The van der Waals surface area contributed by atoms with Crippen molar-refractivity contribution in [2.45, 2.75) is 45.8 Å². The van der Waals surface area contributed by atoms with E-state index >= 15 is 0 Å². The van der Waals surface area contributed by atoms with Crippen LogP contribution in [0.2, 0.25) is 0 Å². The molecule has 2 heterocycles. The molecule has 2 rings (SSSR count). The second-order valence-corrected chi connectivity index (χ2v) is 8.11. The summed E-state index contributed by atoms with van der Waals surface area (Å²) >= 11 is 1.46. The minimum atomic E-state index is -0.369. The molecule has 1 aromatic rings. The van der Waals surface area contributed by atoms with E-state index in [4.69, 9.17) is 5.73 Å². The lowest BCUT2D eigenvalue weighted by Gasteiger charge is -2.38. The number of aliphatic hydroxyl groups excluding tert-OH is 1. The van der Waals surface area contributed by atoms with Crippen LogP contribution >= 0.6 is 11.3 Å². The van der Waals surface area contributed by atoms with Gasteiger partial charge in [0.25, 0.3) is 5.91 Å². The van der Waals surface area contributed by atoms with Gasteiger partial charge >= 0.3 is 0 Å². The molecule has 4 nitrogen and oxygen atoms in total. The van der Waals surface area contributed by atoms with Crippen LogP contribution in [-0.4, -0.2) is 41.1 Å². The van der Waals surface area contributed by atoms with E-state index in [2.05, 4.69) is 0 Å². The zero-order valence-electron chi connectivity index (χ0n) is 13.1. The van der Waals surface area contributed by atoms with Crippen LogP contribution in [0.15, 0.2) is 17.5 Å². The Labute approximate surface area is 131 Å². The molecule has 1 amide bonds. The summed E-state index contributed by atoms with van der Waals surface area (Å²) in [6.45, 7) is 7.41. The van der Waals surface area contributed by atoms with Gasteiger partial charge in [-0.1, -0.05) is 26.8 Å². The summed E-state index contributed by atoms with van der Waals surface area (Å²) in [6, 6.07) is 3.74. The second kappa shape index (κ2) is 6.46. The van der Waals surface area contributed by atoms with Gasteiger partial charge in [0.1, 0.15) is 0 Å². The average Bonchev–Trinajstić information content (AvgIpc) is 2.89. The molecule has 0 radical (unpaired) electrons. The van der Waals surface area contributed by atoms with Crippen molar-refractivity contribution >= 4 is 17.2 Å². The Bertz CT molecular complexity index is 467. The molecule has 1 aliphatic rings. The Morgan fingerprint density at radius 3 is 2.81 bits per heavy atom. The maximum absolute atomic E-state index is 12.5. The third kappa shape index (κ3) is 4.28. The van der Waals surface area contributed by atoms with E-state index in [-0.39, 0.29) is 29.4 Å². The fraction of sp³-hybridized carbons (Fsp3) is 0.688. The molecule has 0 spiro atoms. The number of piperidine rings is 1. The summed E-state index contributed by atoms with van der Waals surface area (Å²) in [5, 5.41) is 12.2. The van der Waals surface area contributed by atoms with Crippen molar-refractivity contribution in [1.82, 2.24) is 4.90 Å². The Hall–Kier alpha value is -0.910. The van der Waals surface area contributed by atoms with Crippen LogP contribution in [0.5, 0.6) is 0 Å². The largest absolute Gasteiger partial charge is 0.393 e. The van der Waals surface area contributed by atoms with E-state index in [1.807, 2.05) is 43.2 Å². The van der Waals surface area contributed by atoms with E-state index in [1.165, 1.54) is 11.3 Å². The van der Waals surface area contributed by atoms with Gasteiger partial charge < -0.3 is 15.7 Å². The van der Waals surface area contributed by atoms with Crippen LogP contribution < -0.4 is 5.73 Å². The first-order chi connectivity index (χ1) is 9.77. The minimum Gasteiger partial charge on any atom is -0.393 e. The first-order valence-corrected chi connectivity index (χ1v) is 8.41. The van der Waals surface area contributed by atoms with Gasteiger partial charge in [-0.15, -0.1) is 11.3 Å². The van der Waals surface area contributed by atoms with Gasteiger partial charge in [0, 0.05) is 19.1 Å². The molecule has 3 unspecified atom stereocenters. The van der Waals surface area contributed by atoms with Crippen LogP contribution in [0.3, 0.4) is 0 Å². The quantitative estimate of drug-likeness (QED) is 0.900. The number of nitrogens with two attached hydrogens (primary N) is 1. The highest BCUT2D eigenvalue weighted by molar-refractivity contribution is 7.12. The molecule has 0 saturated carbocycles. The van der Waals surface area contributed by atoms with Gasteiger partial charge in [0.05, 0.1) is 11.0 Å². The number of rotatable bonds is 3. The smallest absolute Gasteiger partial charge is 0.263 e. The predicted octanol–water partition coefficient (Wildman–Crippen LogP) is 2.33. The van der Waals surface area contributed by atoms with Crippen LogP contribution in [-0.2, 0) is 0 Å². The van der Waals surface area contributed by atoms with Crippen molar-refractivity contribution in [2.75, 3.05) is 13.1 Å². The molecule has 0 aromatic carbocycles. The first-order valence-electron chi connectivity index (χ1n) is 7.54. The number of amides is 1. The van der Waals surface area contributed by atoms with Gasteiger partial charge in [0.2, 0.25) is 0 Å². The molecule has 118 valence electrons. The third-order valence-corrected chi connectivity index (χ3v) is 5.00. The molecule has 0 bridgehead atoms. The number of nitrogens with zero attached hydrogens (tertiary/aromatic N) is 1. The molecule has 5 heteroatoms. The maximum atomic E-state index is 12.5. The highest BCUT2D eigenvalue weighted by Crippen LogP contribution is 2.29. The van der Waals surface area contributed by atoms with Crippen molar-refractivity contribution in [1.29, 1.82) is 0 Å². The number of hydrogen-bond donors (Lipinski definition) is 2. The van der Waals surface area contributed by atoms with E-state index in [9.17, 15) is 9.90 Å². The molecule has 1 aliphatic heterocycles. The van der Waals surface area contributed by atoms with Crippen molar-refractivity contribution < 1.29 is 9.90 Å². The van der Waals surface area contributed by atoms with Crippen molar-refractivity contribution in [3.05, 3.63) is 22.4 Å². The summed E-state index contributed by atoms with van der Waals surface area (Å²) in [7, 11) is 0. The Morgan fingerprint density at radius 2 is 2.24 bits per heavy atom. The number of hydrogen-bond acceptors (Lipinski definition) is 4. The predicted molar refractivity (Wildman–Crippen MR) is 86.4 cm³/mol. The fourth-order valence-electron chi connectivity index (χ4n) is 2.81. The summed E-state index contributed by atoms with van der Waals surface area (Å²) < 4.78 is 0. The Kier molecular flexibility index (Phi) is 5.07. The lowest BCUT2D eigenvalue weighted by molar-refractivity contribution is 0.0232. The van der Waals surface area contributed by atoms with Crippen LogP contribution in [0.4, 0.5) is 0 Å². The number of aliphatic hydroxyl groups is 1. The monoisotopic (exact) mass is 310 g/mol. The zero-order valence-corrected chi connectivity index (χ0v) is 13.9. The lowest BCUT2D eigenvalue weighted by Crippen LogP contribution is -2.50. The molecule has 21 heavy (non-hydrogen) atoms. The molecule has 0 aliphatic carbocycles. The summed E-state index contributed by atoms with van der Waals surface area (Å²) in [5.74, 6) is 0.335. The van der Waals surface area contributed by atoms with Gasteiger partial charge in [-0.3, -0.25) is 4.79 Å². The number of carbonyl (C=O) groups excluding carboxylic acids is 1. The maximum Gasteiger partial charge on any atom is 0.263 e. The normalized spacial score (nSPS) is 24.9. The van der Waals surface area contributed by atoms with Crippen molar-refractivity contribution in [3.63, 3.8) is 0 Å². The van der Waals surface area contributed by atoms with E-state index < -0.39 is 0 Å². The lowest BCUT2D eigenvalue weighted by atomic mass is 9.80. The topological polar surface area (TPSA) is 66.6 Å². The molecular weight excluding hydrogens is 284 g/mol. The highest BCUT2D eigenvalue weighted by atomic mass is 32.1. The fourth-order valence-corrected chi connectivity index (χ4v) is 3.50. The molecule has 1 saturated heterocycles. The second-order valence-electron chi connectivity index (χ2n) is 7.17. The van der Waals surface area contributed by atoms with E-state index in [1.54, 1.807) is 0 Å². The summed E-state index contributed by atoms with van der Waals surface area (Å²) in [5.41, 5.74) is 5.98. The SMILES string of the molecule is CC(C)(C)C(O)CC1CC(N)CN(C(=O)c2cccs2)C1. The average molecular weight is 310 g/mol. The van der Waals surface area contributed by atoms with Crippen molar-refractivity contribution in [3.8, 4) is 0 Å². The van der Waals surface area contributed by atoms with Gasteiger partial charge in [-0.25, -0.2) is 0 Å². The molecule has 1 aromatic heterocycles. The van der Waals surface area contributed by atoms with Crippen LogP contribution in [0, 0.1) is 11.3 Å². The molecule has 3 atom stereocenters. The summed E-state index contributed by atoms with van der Waals surface area (Å²) in [4.78, 5) is 15.1. The standard InChI is InChI=1S/C16H26N2O2S/c1-16(2,3)14(19)8-11-7-12(17)10-18(9-11)15(20)13-5-4-6-21-13/h4-6,11-12,14,19H,7-10,17H2,1-3H3. The molecule has 3 N–H and O–H groups in total. The van der Waals surface area contributed by atoms with Gasteiger partial charge in [-0.2, -0.15) is 0 Å². The van der Waals surface area contributed by atoms with Crippen LogP contribution in [0.25, 0.3) is 0 Å². The molecular formula is C16H26N2O2S. The van der Waals surface area contributed by atoms with Gasteiger partial charge in [0.15, 0.2) is 0 Å². The van der Waals surface area contributed by atoms with Gasteiger partial charge in [-0.05, 0) is 35.6 Å². The van der Waals surface area contributed by atoms with Crippen molar-refractivity contribution in [2.24, 2.45) is 17.1 Å². The summed E-state index contributed by atoms with van der Waals surface area (Å²) in [6.07, 6.45) is 1.21. The number of carbonyl (C=O) groups is 1. The van der Waals surface area contributed by atoms with E-state index in [0.29, 0.717) is 19.5 Å². The Balaban J connectivity index is 2.01.